The van der Waals surface area contributed by atoms with Crippen molar-refractivity contribution in [2.45, 2.75) is 37.2 Å². The number of hydrogen-bond acceptors (Lipinski definition) is 5. The normalized spacial score (nSPS) is 12.2. The molecule has 0 aromatic carbocycles. The molecule has 8 heteroatoms. The molecule has 0 atom stereocenters. The molecule has 2 rings (SSSR count). The van der Waals surface area contributed by atoms with Gasteiger partial charge in [-0.2, -0.15) is 16.9 Å². The second-order valence-corrected chi connectivity index (χ2v) is 7.96. The number of fused-ring (bicyclic) bond motifs is 1. The Kier molecular flexibility index (Phi) is 4.57. The first-order valence-corrected chi connectivity index (χ1v) is 8.76. The lowest BCUT2D eigenvalue weighted by Crippen LogP contribution is -2.23. The third-order valence-corrected chi connectivity index (χ3v) is 5.47. The molecular formula is C13H20N4O2S2. The predicted octanol–water partition coefficient (Wildman–Crippen LogP) is 2.40. The van der Waals surface area contributed by atoms with Gasteiger partial charge in [-0.25, -0.2) is 4.98 Å². The van der Waals surface area contributed by atoms with Gasteiger partial charge in [0.25, 0.3) is 0 Å². The summed E-state index contributed by atoms with van der Waals surface area (Å²) in [6.07, 6.45) is 2.08. The van der Waals surface area contributed by atoms with Crippen LogP contribution in [-0.2, 0) is 18.4 Å². The van der Waals surface area contributed by atoms with Gasteiger partial charge in [0.2, 0.25) is 0 Å². The SMILES string of the molecule is CSC(C)(C)Cn1c(SCC(=O)O)nc2c(C)nn(C)c21. The van der Waals surface area contributed by atoms with Crippen molar-refractivity contribution in [3.63, 3.8) is 0 Å². The first-order chi connectivity index (χ1) is 9.75. The predicted molar refractivity (Wildman–Crippen MR) is 87.2 cm³/mol. The maximum absolute atomic E-state index is 10.8. The van der Waals surface area contributed by atoms with E-state index in [1.165, 1.54) is 11.8 Å². The molecule has 2 heterocycles. The lowest BCUT2D eigenvalue weighted by Gasteiger charge is -2.23. The highest BCUT2D eigenvalue weighted by Gasteiger charge is 2.24. The summed E-state index contributed by atoms with van der Waals surface area (Å²) in [5.74, 6) is -0.826. The van der Waals surface area contributed by atoms with Gasteiger partial charge in [0.05, 0.1) is 11.4 Å². The lowest BCUT2D eigenvalue weighted by molar-refractivity contribution is -0.133. The largest absolute Gasteiger partial charge is 0.481 e. The molecule has 2 aromatic rings. The van der Waals surface area contributed by atoms with Crippen LogP contribution in [0, 0.1) is 6.92 Å². The number of thioether (sulfide) groups is 2. The number of aromatic nitrogens is 4. The average Bonchev–Trinajstić information content (AvgIpc) is 2.87. The Labute approximate surface area is 132 Å². The van der Waals surface area contributed by atoms with Gasteiger partial charge in [-0.05, 0) is 27.0 Å². The topological polar surface area (TPSA) is 72.9 Å². The van der Waals surface area contributed by atoms with Gasteiger partial charge in [0.15, 0.2) is 10.8 Å². The summed E-state index contributed by atoms with van der Waals surface area (Å²) in [4.78, 5) is 15.4. The molecule has 21 heavy (non-hydrogen) atoms. The van der Waals surface area contributed by atoms with Crippen molar-refractivity contribution in [1.82, 2.24) is 19.3 Å². The van der Waals surface area contributed by atoms with Crippen molar-refractivity contribution in [2.24, 2.45) is 7.05 Å². The summed E-state index contributed by atoms with van der Waals surface area (Å²) in [5, 5.41) is 14.0. The Hall–Kier alpha value is -1.15. The van der Waals surface area contributed by atoms with Crippen LogP contribution in [0.1, 0.15) is 19.5 Å². The van der Waals surface area contributed by atoms with E-state index in [2.05, 4.69) is 34.8 Å². The van der Waals surface area contributed by atoms with E-state index < -0.39 is 5.97 Å². The molecule has 0 radical (unpaired) electrons. The van der Waals surface area contributed by atoms with Gasteiger partial charge in [-0.1, -0.05) is 11.8 Å². The molecule has 0 spiro atoms. The maximum Gasteiger partial charge on any atom is 0.313 e. The zero-order valence-electron chi connectivity index (χ0n) is 12.9. The first-order valence-electron chi connectivity index (χ1n) is 6.55. The minimum absolute atomic E-state index is 0.00942. The van der Waals surface area contributed by atoms with E-state index in [1.807, 2.05) is 18.7 Å². The number of carbonyl (C=O) groups is 1. The van der Waals surface area contributed by atoms with E-state index >= 15 is 0 Å². The third-order valence-electron chi connectivity index (χ3n) is 3.27. The summed E-state index contributed by atoms with van der Waals surface area (Å²) >= 11 is 3.03. The van der Waals surface area contributed by atoms with Gasteiger partial charge in [0, 0.05) is 18.3 Å². The zero-order valence-corrected chi connectivity index (χ0v) is 14.5. The second kappa shape index (κ2) is 5.92. The standard InChI is InChI=1S/C13H20N4O2S2/c1-8-10-11(16(4)15-8)17(7-13(2,3)20-5)12(14-10)21-6-9(18)19/h6-7H2,1-5H3,(H,18,19). The van der Waals surface area contributed by atoms with Crippen molar-refractivity contribution in [3.8, 4) is 0 Å². The number of carboxylic acids is 1. The van der Waals surface area contributed by atoms with E-state index in [0.29, 0.717) is 0 Å². The molecule has 0 bridgehead atoms. The fourth-order valence-electron chi connectivity index (χ4n) is 2.14. The summed E-state index contributed by atoms with van der Waals surface area (Å²) in [6, 6.07) is 0. The van der Waals surface area contributed by atoms with E-state index in [1.54, 1.807) is 11.8 Å². The quantitative estimate of drug-likeness (QED) is 0.821. The van der Waals surface area contributed by atoms with Crippen LogP contribution >= 0.6 is 23.5 Å². The Balaban J connectivity index is 2.50. The van der Waals surface area contributed by atoms with Crippen molar-refractivity contribution < 1.29 is 9.90 Å². The molecule has 1 N–H and O–H groups in total. The summed E-state index contributed by atoms with van der Waals surface area (Å²) < 4.78 is 3.93. The number of rotatable bonds is 6. The van der Waals surface area contributed by atoms with E-state index in [4.69, 9.17) is 5.11 Å². The maximum atomic E-state index is 10.8. The minimum atomic E-state index is -0.836. The highest BCUT2D eigenvalue weighted by molar-refractivity contribution is 8.00. The van der Waals surface area contributed by atoms with Crippen LogP contribution < -0.4 is 0 Å². The third kappa shape index (κ3) is 3.37. The number of imidazole rings is 1. The number of nitrogens with zero attached hydrogens (tertiary/aromatic N) is 4. The van der Waals surface area contributed by atoms with Crippen molar-refractivity contribution in [2.75, 3.05) is 12.0 Å². The zero-order chi connectivity index (χ0) is 15.8. The second-order valence-electron chi connectivity index (χ2n) is 5.51. The molecule has 0 aliphatic carbocycles. The van der Waals surface area contributed by atoms with Crippen LogP contribution in [0.25, 0.3) is 11.2 Å². The van der Waals surface area contributed by atoms with Gasteiger partial charge in [-0.3, -0.25) is 9.48 Å². The van der Waals surface area contributed by atoms with Crippen LogP contribution in [0.3, 0.4) is 0 Å². The van der Waals surface area contributed by atoms with Crippen LogP contribution in [0.15, 0.2) is 5.16 Å². The number of aryl methyl sites for hydroxylation is 2. The molecule has 6 nitrogen and oxygen atoms in total. The van der Waals surface area contributed by atoms with Crippen molar-refractivity contribution >= 4 is 40.7 Å². The van der Waals surface area contributed by atoms with Crippen LogP contribution in [0.5, 0.6) is 0 Å². The van der Waals surface area contributed by atoms with Gasteiger partial charge >= 0.3 is 5.97 Å². The van der Waals surface area contributed by atoms with Crippen LogP contribution in [0.4, 0.5) is 0 Å². The molecule has 0 unspecified atom stereocenters. The first kappa shape index (κ1) is 16.2. The molecule has 0 aliphatic rings. The highest BCUT2D eigenvalue weighted by atomic mass is 32.2. The molecule has 0 amide bonds. The molecule has 2 aromatic heterocycles. The summed E-state index contributed by atoms with van der Waals surface area (Å²) in [6.45, 7) is 7.01. The van der Waals surface area contributed by atoms with Crippen molar-refractivity contribution in [3.05, 3.63) is 5.69 Å². The number of carboxylic acid groups (broad SMARTS) is 1. The number of aliphatic carboxylic acids is 1. The van der Waals surface area contributed by atoms with E-state index in [0.717, 1.165) is 28.6 Å². The van der Waals surface area contributed by atoms with E-state index in [9.17, 15) is 4.79 Å². The van der Waals surface area contributed by atoms with Crippen LogP contribution in [-0.4, -0.2) is 47.2 Å². The molecular weight excluding hydrogens is 308 g/mol. The van der Waals surface area contributed by atoms with Crippen LogP contribution in [0.2, 0.25) is 0 Å². The summed E-state index contributed by atoms with van der Waals surface area (Å²) in [7, 11) is 1.89. The molecule has 116 valence electrons. The molecule has 0 saturated heterocycles. The highest BCUT2D eigenvalue weighted by Crippen LogP contribution is 2.31. The van der Waals surface area contributed by atoms with E-state index in [-0.39, 0.29) is 10.5 Å². The molecule has 0 saturated carbocycles. The molecule has 0 fully saturated rings. The Bertz CT molecular complexity index is 675. The Morgan fingerprint density at radius 1 is 1.43 bits per heavy atom. The van der Waals surface area contributed by atoms with Gasteiger partial charge in [0.1, 0.15) is 5.52 Å². The van der Waals surface area contributed by atoms with Gasteiger partial charge < -0.3 is 9.67 Å². The smallest absolute Gasteiger partial charge is 0.313 e. The lowest BCUT2D eigenvalue weighted by atomic mass is 10.2. The minimum Gasteiger partial charge on any atom is -0.481 e. The fraction of sp³-hybridized carbons (Fsp3) is 0.615. The Morgan fingerprint density at radius 3 is 2.67 bits per heavy atom. The molecule has 0 aliphatic heterocycles. The Morgan fingerprint density at radius 2 is 2.10 bits per heavy atom. The van der Waals surface area contributed by atoms with Crippen molar-refractivity contribution in [1.29, 1.82) is 0 Å². The number of hydrogen-bond donors (Lipinski definition) is 1. The average molecular weight is 328 g/mol. The summed E-state index contributed by atoms with van der Waals surface area (Å²) in [5.41, 5.74) is 2.66. The monoisotopic (exact) mass is 328 g/mol. The van der Waals surface area contributed by atoms with Gasteiger partial charge in [-0.15, -0.1) is 0 Å². The fourth-order valence-corrected chi connectivity index (χ4v) is 3.11.